The molecule has 154 valence electrons. The fourth-order valence-electron chi connectivity index (χ4n) is 2.42. The van der Waals surface area contributed by atoms with Gasteiger partial charge in [0.25, 0.3) is 0 Å². The maximum Gasteiger partial charge on any atom is 0.213 e. The van der Waals surface area contributed by atoms with Gasteiger partial charge < -0.3 is 24.8 Å². The maximum atomic E-state index is 5.83. The average Bonchev–Trinajstić information content (AvgIpc) is 2.69. The van der Waals surface area contributed by atoms with Crippen LogP contribution < -0.4 is 20.1 Å². The van der Waals surface area contributed by atoms with Crippen molar-refractivity contribution in [2.24, 2.45) is 4.99 Å². The van der Waals surface area contributed by atoms with Crippen LogP contribution in [0.4, 0.5) is 0 Å². The van der Waals surface area contributed by atoms with E-state index in [0.717, 1.165) is 22.6 Å². The average molecular weight is 500 g/mol. The molecular weight excluding hydrogens is 471 g/mol. The van der Waals surface area contributed by atoms with Crippen LogP contribution in [-0.4, -0.2) is 45.4 Å². The number of guanidine groups is 1. The number of ether oxygens (including phenoxy) is 3. The summed E-state index contributed by atoms with van der Waals surface area (Å²) in [6.45, 7) is 4.25. The molecule has 0 amide bonds. The minimum Gasteiger partial charge on any atom is -0.491 e. The van der Waals surface area contributed by atoms with Crippen LogP contribution >= 0.6 is 24.0 Å². The summed E-state index contributed by atoms with van der Waals surface area (Å²) in [5.41, 5.74) is 3.08. The van der Waals surface area contributed by atoms with Crippen LogP contribution in [0.1, 0.15) is 16.8 Å². The highest BCUT2D eigenvalue weighted by Crippen LogP contribution is 2.20. The topological polar surface area (TPSA) is 77.0 Å². The number of hydrogen-bond donors (Lipinski definition) is 2. The van der Waals surface area contributed by atoms with Crippen molar-refractivity contribution in [1.29, 1.82) is 0 Å². The molecule has 0 bridgehead atoms. The molecule has 0 spiro atoms. The highest BCUT2D eigenvalue weighted by Gasteiger charge is 2.06. The molecule has 0 aliphatic carbocycles. The SMILES string of the molecule is CN=C(NCc1cccc(OC)n1)NCc1ccc(C)cc1OCCOC.I. The molecule has 0 radical (unpaired) electrons. The molecule has 0 saturated carbocycles. The van der Waals surface area contributed by atoms with Crippen LogP contribution in [-0.2, 0) is 17.8 Å². The number of aromatic nitrogens is 1. The van der Waals surface area contributed by atoms with E-state index in [1.807, 2.05) is 31.2 Å². The Morgan fingerprint density at radius 2 is 1.86 bits per heavy atom. The summed E-state index contributed by atoms with van der Waals surface area (Å²) >= 11 is 0. The Hall–Kier alpha value is -2.07. The molecule has 28 heavy (non-hydrogen) atoms. The number of pyridine rings is 1. The molecule has 2 rings (SSSR count). The van der Waals surface area contributed by atoms with Gasteiger partial charge in [-0.1, -0.05) is 18.2 Å². The minimum absolute atomic E-state index is 0. The Kier molecular flexibility index (Phi) is 11.3. The van der Waals surface area contributed by atoms with E-state index in [1.54, 1.807) is 21.3 Å². The van der Waals surface area contributed by atoms with E-state index in [1.165, 1.54) is 0 Å². The Bertz CT molecular complexity index is 756. The van der Waals surface area contributed by atoms with Crippen LogP contribution in [0.3, 0.4) is 0 Å². The molecular formula is C20H29IN4O3. The number of methoxy groups -OCH3 is 2. The van der Waals surface area contributed by atoms with Gasteiger partial charge in [0, 0.05) is 32.3 Å². The van der Waals surface area contributed by atoms with E-state index < -0.39 is 0 Å². The van der Waals surface area contributed by atoms with Crippen molar-refractivity contribution in [3.63, 3.8) is 0 Å². The summed E-state index contributed by atoms with van der Waals surface area (Å²) in [6.07, 6.45) is 0. The predicted molar refractivity (Wildman–Crippen MR) is 122 cm³/mol. The standard InChI is InChI=1S/C20H28N4O3.HI/c1-15-8-9-16(18(12-15)27-11-10-25-3)13-22-20(21-2)23-14-17-6-5-7-19(24-17)26-4;/h5-9,12H,10-11,13-14H2,1-4H3,(H2,21,22,23);1H. The molecule has 1 aromatic heterocycles. The molecule has 0 unspecified atom stereocenters. The predicted octanol–water partition coefficient (Wildman–Crippen LogP) is 2.91. The van der Waals surface area contributed by atoms with Gasteiger partial charge in [-0.25, -0.2) is 4.98 Å². The first-order valence-electron chi connectivity index (χ1n) is 8.82. The van der Waals surface area contributed by atoms with E-state index in [0.29, 0.717) is 38.1 Å². The summed E-state index contributed by atoms with van der Waals surface area (Å²) in [7, 11) is 5.00. The third-order valence-electron chi connectivity index (χ3n) is 3.86. The normalized spacial score (nSPS) is 10.8. The molecule has 1 heterocycles. The first kappa shape index (κ1) is 24.0. The van der Waals surface area contributed by atoms with Gasteiger partial charge in [0.1, 0.15) is 12.4 Å². The molecule has 0 aliphatic rings. The monoisotopic (exact) mass is 500 g/mol. The molecule has 1 aromatic carbocycles. The number of nitrogens with zero attached hydrogens (tertiary/aromatic N) is 2. The highest BCUT2D eigenvalue weighted by atomic mass is 127. The maximum absolute atomic E-state index is 5.83. The molecule has 0 saturated heterocycles. The van der Waals surface area contributed by atoms with Gasteiger partial charge in [-0.05, 0) is 24.6 Å². The van der Waals surface area contributed by atoms with Crippen LogP contribution in [0.15, 0.2) is 41.4 Å². The fourth-order valence-corrected chi connectivity index (χ4v) is 2.42. The Morgan fingerprint density at radius 1 is 1.07 bits per heavy atom. The third kappa shape index (κ3) is 7.89. The van der Waals surface area contributed by atoms with Crippen molar-refractivity contribution in [2.45, 2.75) is 20.0 Å². The molecule has 2 N–H and O–H groups in total. The summed E-state index contributed by atoms with van der Waals surface area (Å²) in [5, 5.41) is 6.55. The second-order valence-corrected chi connectivity index (χ2v) is 5.90. The number of hydrogen-bond acceptors (Lipinski definition) is 5. The zero-order valence-electron chi connectivity index (χ0n) is 16.8. The van der Waals surface area contributed by atoms with Crippen LogP contribution in [0.5, 0.6) is 11.6 Å². The van der Waals surface area contributed by atoms with Gasteiger partial charge in [0.05, 0.1) is 26.0 Å². The van der Waals surface area contributed by atoms with Gasteiger partial charge in [0.2, 0.25) is 5.88 Å². The Labute approximate surface area is 183 Å². The molecule has 2 aromatic rings. The lowest BCUT2D eigenvalue weighted by molar-refractivity contribution is 0.145. The molecule has 0 atom stereocenters. The molecule has 8 heteroatoms. The Morgan fingerprint density at radius 3 is 2.57 bits per heavy atom. The van der Waals surface area contributed by atoms with Crippen molar-refractivity contribution in [3.05, 3.63) is 53.2 Å². The summed E-state index contributed by atoms with van der Waals surface area (Å²) in [4.78, 5) is 8.64. The van der Waals surface area contributed by atoms with Crippen molar-refractivity contribution < 1.29 is 14.2 Å². The van der Waals surface area contributed by atoms with Crippen molar-refractivity contribution >= 4 is 29.9 Å². The number of rotatable bonds is 9. The van der Waals surface area contributed by atoms with Gasteiger partial charge >= 0.3 is 0 Å². The summed E-state index contributed by atoms with van der Waals surface area (Å²) < 4.78 is 16.0. The number of aliphatic imine (C=N–C) groups is 1. The smallest absolute Gasteiger partial charge is 0.213 e. The van der Waals surface area contributed by atoms with Crippen molar-refractivity contribution in [3.8, 4) is 11.6 Å². The van der Waals surface area contributed by atoms with Crippen molar-refractivity contribution in [2.75, 3.05) is 34.5 Å². The second-order valence-electron chi connectivity index (χ2n) is 5.90. The van der Waals surface area contributed by atoms with E-state index in [9.17, 15) is 0 Å². The van der Waals surface area contributed by atoms with Gasteiger partial charge in [-0.3, -0.25) is 4.99 Å². The second kappa shape index (κ2) is 13.2. The first-order chi connectivity index (χ1) is 13.2. The molecule has 0 fully saturated rings. The number of aryl methyl sites for hydroxylation is 1. The number of halogens is 1. The zero-order chi connectivity index (χ0) is 19.5. The first-order valence-corrected chi connectivity index (χ1v) is 8.82. The Balaban J connectivity index is 0.00000392. The quantitative estimate of drug-likeness (QED) is 0.239. The minimum atomic E-state index is 0. The molecule has 0 aliphatic heterocycles. The summed E-state index contributed by atoms with van der Waals surface area (Å²) in [5.74, 6) is 2.13. The van der Waals surface area contributed by atoms with Crippen LogP contribution in [0.2, 0.25) is 0 Å². The van der Waals surface area contributed by atoms with Gasteiger partial charge in [-0.15, -0.1) is 24.0 Å². The fraction of sp³-hybridized carbons (Fsp3) is 0.400. The lowest BCUT2D eigenvalue weighted by Gasteiger charge is -2.15. The zero-order valence-corrected chi connectivity index (χ0v) is 19.2. The van der Waals surface area contributed by atoms with E-state index in [-0.39, 0.29) is 24.0 Å². The number of nitrogens with one attached hydrogen (secondary N) is 2. The van der Waals surface area contributed by atoms with Crippen molar-refractivity contribution in [1.82, 2.24) is 15.6 Å². The highest BCUT2D eigenvalue weighted by molar-refractivity contribution is 14.0. The largest absolute Gasteiger partial charge is 0.491 e. The van der Waals surface area contributed by atoms with Gasteiger partial charge in [-0.2, -0.15) is 0 Å². The van der Waals surface area contributed by atoms with E-state index >= 15 is 0 Å². The van der Waals surface area contributed by atoms with Gasteiger partial charge in [0.15, 0.2) is 5.96 Å². The summed E-state index contributed by atoms with van der Waals surface area (Å²) in [6, 6.07) is 11.8. The van der Waals surface area contributed by atoms with Crippen LogP contribution in [0, 0.1) is 6.92 Å². The van der Waals surface area contributed by atoms with Crippen LogP contribution in [0.25, 0.3) is 0 Å². The molecule has 7 nitrogen and oxygen atoms in total. The van der Waals surface area contributed by atoms with E-state index in [4.69, 9.17) is 14.2 Å². The third-order valence-corrected chi connectivity index (χ3v) is 3.86. The number of benzene rings is 1. The van der Waals surface area contributed by atoms with E-state index in [2.05, 4.69) is 32.7 Å². The lowest BCUT2D eigenvalue weighted by atomic mass is 10.1. The lowest BCUT2D eigenvalue weighted by Crippen LogP contribution is -2.36.